The molecule has 2 heterocycles. The molecule has 9 nitrogen and oxygen atoms in total. The van der Waals surface area contributed by atoms with Crippen molar-refractivity contribution in [2.24, 2.45) is 0 Å². The number of carboxylic acid groups (broad SMARTS) is 1. The second-order valence-electron chi connectivity index (χ2n) is 5.89. The lowest BCUT2D eigenvalue weighted by molar-refractivity contribution is -0.130. The van der Waals surface area contributed by atoms with Crippen LogP contribution < -0.4 is 15.0 Å². The Labute approximate surface area is 144 Å². The first-order valence-corrected chi connectivity index (χ1v) is 7.82. The number of ketones is 1. The van der Waals surface area contributed by atoms with E-state index in [9.17, 15) is 14.7 Å². The van der Waals surface area contributed by atoms with E-state index in [1.165, 1.54) is 6.92 Å². The number of carbonyl (C=O) groups is 2. The lowest BCUT2D eigenvalue weighted by Crippen LogP contribution is -2.73. The molecule has 0 spiro atoms. The number of carbonyl (C=O) groups excluding carboxylic acids is 1. The van der Waals surface area contributed by atoms with Crippen LogP contribution in [0.2, 0.25) is 0 Å². The van der Waals surface area contributed by atoms with E-state index in [4.69, 9.17) is 9.26 Å². The number of aromatic nitrogens is 1. The fourth-order valence-electron chi connectivity index (χ4n) is 3.24. The molecule has 1 amide bonds. The highest BCUT2D eigenvalue weighted by molar-refractivity contribution is 5.93. The maximum Gasteiger partial charge on any atom is 0.409 e. The Hall–Kier alpha value is -2.81. The number of hydrogen-bond acceptors (Lipinski definition) is 7. The number of nitrogens with one attached hydrogen (secondary N) is 1. The molecule has 3 rings (SSSR count). The summed E-state index contributed by atoms with van der Waals surface area (Å²) in [6.45, 7) is 2.08. The van der Waals surface area contributed by atoms with E-state index in [0.29, 0.717) is 23.7 Å². The first-order chi connectivity index (χ1) is 11.9. The number of methoxy groups -OCH3 is 1. The molecule has 0 aliphatic carbocycles. The van der Waals surface area contributed by atoms with E-state index in [1.54, 1.807) is 26.3 Å². The Kier molecular flexibility index (Phi) is 4.25. The quantitative estimate of drug-likeness (QED) is 0.847. The summed E-state index contributed by atoms with van der Waals surface area (Å²) in [5.74, 6) is 0.944. The largest absolute Gasteiger partial charge is 0.497 e. The van der Waals surface area contributed by atoms with Crippen molar-refractivity contribution in [3.63, 3.8) is 0 Å². The summed E-state index contributed by atoms with van der Waals surface area (Å²) in [6.07, 6.45) is -1.14. The number of anilines is 1. The molecule has 2 aromatic rings. The van der Waals surface area contributed by atoms with Crippen LogP contribution in [-0.2, 0) is 4.79 Å². The van der Waals surface area contributed by atoms with Gasteiger partial charge in [-0.1, -0.05) is 5.16 Å². The van der Waals surface area contributed by atoms with Gasteiger partial charge >= 0.3 is 6.09 Å². The van der Waals surface area contributed by atoms with E-state index in [2.05, 4.69) is 10.5 Å². The number of amides is 1. The number of Topliss-reactive ketones (excluding diaryl/α,β-unsaturated/α-hetero) is 1. The number of hydrogen-bond donors (Lipinski definition) is 2. The van der Waals surface area contributed by atoms with Crippen molar-refractivity contribution in [1.82, 2.24) is 15.4 Å². The molecule has 1 saturated heterocycles. The van der Waals surface area contributed by atoms with Gasteiger partial charge in [0, 0.05) is 19.2 Å². The molecule has 1 aliphatic rings. The molecule has 0 radical (unpaired) electrons. The van der Waals surface area contributed by atoms with E-state index in [1.807, 2.05) is 11.0 Å². The molecule has 2 N–H and O–H groups in total. The predicted octanol–water partition coefficient (Wildman–Crippen LogP) is 1.14. The molecule has 0 saturated carbocycles. The maximum atomic E-state index is 12.3. The molecule has 1 unspecified atom stereocenters. The number of ether oxygens (including phenoxy) is 1. The smallest absolute Gasteiger partial charge is 0.409 e. The van der Waals surface area contributed by atoms with E-state index in [0.717, 1.165) is 10.3 Å². The minimum absolute atomic E-state index is 0.138. The monoisotopic (exact) mass is 348 g/mol. The van der Waals surface area contributed by atoms with Crippen LogP contribution in [0.1, 0.15) is 6.92 Å². The van der Waals surface area contributed by atoms with Gasteiger partial charge < -0.3 is 19.3 Å². The van der Waals surface area contributed by atoms with E-state index >= 15 is 0 Å². The maximum absolute atomic E-state index is 12.3. The van der Waals surface area contributed by atoms with Gasteiger partial charge in [0.2, 0.25) is 0 Å². The molecule has 1 aliphatic heterocycles. The molecule has 1 aromatic heterocycles. The summed E-state index contributed by atoms with van der Waals surface area (Å²) >= 11 is 0. The van der Waals surface area contributed by atoms with Crippen molar-refractivity contribution < 1.29 is 24.0 Å². The average Bonchev–Trinajstić information content (AvgIpc) is 3.03. The summed E-state index contributed by atoms with van der Waals surface area (Å²) in [4.78, 5) is 26.8. The summed E-state index contributed by atoms with van der Waals surface area (Å²) in [5.41, 5.74) is -0.769. The Balaban J connectivity index is 1.99. The zero-order chi connectivity index (χ0) is 18.2. The van der Waals surface area contributed by atoms with Gasteiger partial charge in [0.25, 0.3) is 0 Å². The number of benzene rings is 1. The summed E-state index contributed by atoms with van der Waals surface area (Å²) in [7, 11) is 3.14. The molecule has 1 fully saturated rings. The highest BCUT2D eigenvalue weighted by Crippen LogP contribution is 2.32. The van der Waals surface area contributed by atoms with Crippen molar-refractivity contribution in [2.75, 3.05) is 38.7 Å². The third-order valence-electron chi connectivity index (χ3n) is 4.66. The number of nitrogens with zero attached hydrogens (tertiary/aromatic N) is 3. The van der Waals surface area contributed by atoms with Crippen LogP contribution in [0, 0.1) is 0 Å². The van der Waals surface area contributed by atoms with Crippen LogP contribution in [0.25, 0.3) is 11.0 Å². The Bertz CT molecular complexity index is 820. The molecular formula is C16H20N4O5. The third kappa shape index (κ3) is 2.66. The molecule has 1 atom stereocenters. The predicted molar refractivity (Wildman–Crippen MR) is 90.0 cm³/mol. The standard InChI is InChI=1S/C16H20N4O5/c1-10(21)16(17-2)9-19(6-7-20(16)15(22)23)14-12-5-4-11(24-3)8-13(12)25-18-14/h4-5,8,17H,6-7,9H2,1-3H3,(H,22,23). The van der Waals surface area contributed by atoms with Gasteiger partial charge in [0.05, 0.1) is 19.0 Å². The zero-order valence-corrected chi connectivity index (χ0v) is 14.3. The summed E-state index contributed by atoms with van der Waals surface area (Å²) in [6, 6.07) is 5.36. The Morgan fingerprint density at radius 3 is 2.76 bits per heavy atom. The van der Waals surface area contributed by atoms with Crippen LogP contribution in [0.4, 0.5) is 10.6 Å². The van der Waals surface area contributed by atoms with Crippen molar-refractivity contribution >= 4 is 28.7 Å². The van der Waals surface area contributed by atoms with Gasteiger partial charge in [-0.2, -0.15) is 0 Å². The van der Waals surface area contributed by atoms with Gasteiger partial charge in [-0.25, -0.2) is 4.79 Å². The van der Waals surface area contributed by atoms with E-state index in [-0.39, 0.29) is 18.9 Å². The van der Waals surface area contributed by atoms with Gasteiger partial charge in [0.15, 0.2) is 22.8 Å². The van der Waals surface area contributed by atoms with Crippen molar-refractivity contribution in [1.29, 1.82) is 0 Å². The number of likely N-dealkylation sites (N-methyl/N-ethyl adjacent to an activating group) is 1. The first kappa shape index (κ1) is 17.0. The van der Waals surface area contributed by atoms with Crippen LogP contribution in [0.15, 0.2) is 22.7 Å². The molecular weight excluding hydrogens is 328 g/mol. The summed E-state index contributed by atoms with van der Waals surface area (Å²) in [5, 5.41) is 17.2. The van der Waals surface area contributed by atoms with Gasteiger partial charge in [-0.05, 0) is 26.1 Å². The van der Waals surface area contributed by atoms with Crippen LogP contribution in [0.5, 0.6) is 5.75 Å². The fourth-order valence-corrected chi connectivity index (χ4v) is 3.24. The second-order valence-corrected chi connectivity index (χ2v) is 5.89. The van der Waals surface area contributed by atoms with Crippen LogP contribution >= 0.6 is 0 Å². The van der Waals surface area contributed by atoms with Crippen molar-refractivity contribution in [2.45, 2.75) is 12.6 Å². The Morgan fingerprint density at radius 2 is 2.16 bits per heavy atom. The van der Waals surface area contributed by atoms with Gasteiger partial charge in [-0.3, -0.25) is 15.0 Å². The molecule has 25 heavy (non-hydrogen) atoms. The van der Waals surface area contributed by atoms with Crippen molar-refractivity contribution in [3.05, 3.63) is 18.2 Å². The van der Waals surface area contributed by atoms with Crippen LogP contribution in [0.3, 0.4) is 0 Å². The lowest BCUT2D eigenvalue weighted by atomic mass is 9.99. The normalized spacial score (nSPS) is 20.8. The van der Waals surface area contributed by atoms with Gasteiger partial charge in [-0.15, -0.1) is 0 Å². The summed E-state index contributed by atoms with van der Waals surface area (Å²) < 4.78 is 10.5. The first-order valence-electron chi connectivity index (χ1n) is 7.82. The minimum atomic E-state index is -1.33. The van der Waals surface area contributed by atoms with E-state index < -0.39 is 11.8 Å². The second kappa shape index (κ2) is 6.25. The lowest BCUT2D eigenvalue weighted by Gasteiger charge is -2.47. The third-order valence-corrected chi connectivity index (χ3v) is 4.66. The molecule has 0 bridgehead atoms. The minimum Gasteiger partial charge on any atom is -0.497 e. The molecule has 9 heteroatoms. The highest BCUT2D eigenvalue weighted by Gasteiger charge is 2.48. The zero-order valence-electron chi connectivity index (χ0n) is 14.3. The average molecular weight is 348 g/mol. The topological polar surface area (TPSA) is 108 Å². The number of fused-ring (bicyclic) bond motifs is 1. The Morgan fingerprint density at radius 1 is 1.40 bits per heavy atom. The van der Waals surface area contributed by atoms with Crippen LogP contribution in [-0.4, -0.2) is 66.5 Å². The van der Waals surface area contributed by atoms with Crippen molar-refractivity contribution in [3.8, 4) is 5.75 Å². The number of piperazine rings is 1. The SMILES string of the molecule is CNC1(C(C)=O)CN(c2noc3cc(OC)ccc23)CCN1C(=O)O. The fraction of sp³-hybridized carbons (Fsp3) is 0.438. The highest BCUT2D eigenvalue weighted by atomic mass is 16.5. The molecule has 1 aromatic carbocycles. The van der Waals surface area contributed by atoms with Gasteiger partial charge in [0.1, 0.15) is 5.75 Å². The molecule has 134 valence electrons. The number of rotatable bonds is 4.